The summed E-state index contributed by atoms with van der Waals surface area (Å²) in [5.74, 6) is -2.73. The third-order valence-electron chi connectivity index (χ3n) is 3.19. The largest absolute Gasteiger partial charge is 0.548 e. The van der Waals surface area contributed by atoms with Crippen LogP contribution in [-0.2, 0) is 9.59 Å². The molecule has 134 valence electrons. The quantitative estimate of drug-likeness (QED) is 0.674. The first-order valence-corrected chi connectivity index (χ1v) is 8.55. The van der Waals surface area contributed by atoms with E-state index in [-0.39, 0.29) is 5.70 Å². The second-order valence-electron chi connectivity index (χ2n) is 5.10. The maximum Gasteiger partial charge on any atom is 0.268 e. The summed E-state index contributed by atoms with van der Waals surface area (Å²) in [6, 6.07) is 13.2. The predicted octanol–water partition coefficient (Wildman–Crippen LogP) is 1.74. The lowest BCUT2D eigenvalue weighted by Gasteiger charge is -2.12. The van der Waals surface area contributed by atoms with E-state index in [1.807, 2.05) is 0 Å². The van der Waals surface area contributed by atoms with Crippen LogP contribution in [0.4, 0.5) is 0 Å². The number of halogens is 2. The summed E-state index contributed by atoms with van der Waals surface area (Å²) in [6.07, 6.45) is 1.41. The van der Waals surface area contributed by atoms with E-state index < -0.39 is 24.3 Å². The Morgan fingerprint density at radius 2 is 1.73 bits per heavy atom. The SMILES string of the molecule is O=C([O-])CNC(=O)/C(=C\c1ccc(Cl)cc1)NC(=O)c1ccccc1Br. The molecule has 0 atom stereocenters. The molecular formula is C18H13BrClN2O4-. The smallest absolute Gasteiger partial charge is 0.268 e. The van der Waals surface area contributed by atoms with Gasteiger partial charge in [-0.05, 0) is 51.8 Å². The highest BCUT2D eigenvalue weighted by molar-refractivity contribution is 9.10. The Hall–Kier alpha value is -2.64. The number of amides is 2. The molecular weight excluding hydrogens is 424 g/mol. The summed E-state index contributed by atoms with van der Waals surface area (Å²) < 4.78 is 0.554. The van der Waals surface area contributed by atoms with Crippen molar-refractivity contribution in [1.82, 2.24) is 10.6 Å². The second kappa shape index (κ2) is 9.17. The standard InChI is InChI=1S/C18H14BrClN2O4/c19-14-4-2-1-3-13(14)17(25)22-15(18(26)21-10-16(23)24)9-11-5-7-12(20)8-6-11/h1-9H,10H2,(H,21,26)(H,22,25)(H,23,24)/p-1/b15-9+. The van der Waals surface area contributed by atoms with Crippen LogP contribution in [0.2, 0.25) is 5.02 Å². The molecule has 0 saturated carbocycles. The fourth-order valence-electron chi connectivity index (χ4n) is 1.97. The Balaban J connectivity index is 2.29. The summed E-state index contributed by atoms with van der Waals surface area (Å²) in [7, 11) is 0. The van der Waals surface area contributed by atoms with Gasteiger partial charge in [0.25, 0.3) is 11.8 Å². The Bertz CT molecular complexity index is 866. The molecule has 2 aromatic carbocycles. The number of carbonyl (C=O) groups excluding carboxylic acids is 3. The van der Waals surface area contributed by atoms with Crippen LogP contribution in [0.3, 0.4) is 0 Å². The van der Waals surface area contributed by atoms with Gasteiger partial charge in [-0.3, -0.25) is 9.59 Å². The number of aliphatic carboxylic acids is 1. The van der Waals surface area contributed by atoms with Crippen molar-refractivity contribution >= 4 is 51.4 Å². The zero-order chi connectivity index (χ0) is 19.1. The molecule has 0 fully saturated rings. The molecule has 0 aliphatic heterocycles. The highest BCUT2D eigenvalue weighted by Crippen LogP contribution is 2.17. The molecule has 2 N–H and O–H groups in total. The van der Waals surface area contributed by atoms with Crippen LogP contribution in [-0.4, -0.2) is 24.3 Å². The number of nitrogens with one attached hydrogen (secondary N) is 2. The third-order valence-corrected chi connectivity index (χ3v) is 4.13. The highest BCUT2D eigenvalue weighted by Gasteiger charge is 2.16. The fourth-order valence-corrected chi connectivity index (χ4v) is 2.56. The summed E-state index contributed by atoms with van der Waals surface area (Å²) in [5, 5.41) is 15.7. The van der Waals surface area contributed by atoms with Crippen molar-refractivity contribution < 1.29 is 19.5 Å². The number of hydrogen-bond donors (Lipinski definition) is 2. The van der Waals surface area contributed by atoms with Gasteiger partial charge in [0.15, 0.2) is 0 Å². The fraction of sp³-hybridized carbons (Fsp3) is 0.0556. The normalized spacial score (nSPS) is 10.9. The van der Waals surface area contributed by atoms with Crippen LogP contribution in [0.1, 0.15) is 15.9 Å². The number of carbonyl (C=O) groups is 3. The van der Waals surface area contributed by atoms with E-state index in [0.29, 0.717) is 20.6 Å². The maximum absolute atomic E-state index is 12.5. The first-order valence-electron chi connectivity index (χ1n) is 7.38. The Morgan fingerprint density at radius 3 is 2.35 bits per heavy atom. The van der Waals surface area contributed by atoms with E-state index in [1.54, 1.807) is 48.5 Å². The van der Waals surface area contributed by atoms with Crippen molar-refractivity contribution in [3.8, 4) is 0 Å². The van der Waals surface area contributed by atoms with Crippen molar-refractivity contribution in [1.29, 1.82) is 0 Å². The molecule has 2 aromatic rings. The van der Waals surface area contributed by atoms with Gasteiger partial charge in [0, 0.05) is 9.50 Å². The molecule has 2 rings (SSSR count). The van der Waals surface area contributed by atoms with E-state index in [1.165, 1.54) is 6.08 Å². The minimum Gasteiger partial charge on any atom is -0.548 e. The molecule has 2 amide bonds. The molecule has 0 saturated heterocycles. The zero-order valence-electron chi connectivity index (χ0n) is 13.3. The third kappa shape index (κ3) is 5.72. The number of carboxylic acids is 1. The van der Waals surface area contributed by atoms with E-state index in [0.717, 1.165) is 0 Å². The van der Waals surface area contributed by atoms with Crippen LogP contribution in [0, 0.1) is 0 Å². The summed E-state index contributed by atoms with van der Waals surface area (Å²) in [4.78, 5) is 35.3. The van der Waals surface area contributed by atoms with E-state index in [9.17, 15) is 19.5 Å². The van der Waals surface area contributed by atoms with Gasteiger partial charge < -0.3 is 20.5 Å². The predicted molar refractivity (Wildman–Crippen MR) is 99.1 cm³/mol. The molecule has 6 nitrogen and oxygen atoms in total. The van der Waals surface area contributed by atoms with Gasteiger partial charge in [-0.2, -0.15) is 0 Å². The number of carboxylic acid groups (broad SMARTS) is 1. The lowest BCUT2D eigenvalue weighted by Crippen LogP contribution is -2.41. The van der Waals surface area contributed by atoms with Gasteiger partial charge in [0.05, 0.1) is 18.1 Å². The summed E-state index contributed by atoms with van der Waals surface area (Å²) in [5.41, 5.74) is 0.803. The second-order valence-corrected chi connectivity index (χ2v) is 6.39. The minimum atomic E-state index is -1.44. The highest BCUT2D eigenvalue weighted by atomic mass is 79.9. The lowest BCUT2D eigenvalue weighted by atomic mass is 10.1. The monoisotopic (exact) mass is 435 g/mol. The van der Waals surface area contributed by atoms with Crippen LogP contribution in [0.15, 0.2) is 58.7 Å². The summed E-state index contributed by atoms with van der Waals surface area (Å²) in [6.45, 7) is -0.679. The average molecular weight is 437 g/mol. The molecule has 26 heavy (non-hydrogen) atoms. The zero-order valence-corrected chi connectivity index (χ0v) is 15.6. The Morgan fingerprint density at radius 1 is 1.08 bits per heavy atom. The van der Waals surface area contributed by atoms with Crippen LogP contribution < -0.4 is 15.7 Å². The van der Waals surface area contributed by atoms with Gasteiger partial charge in [0.2, 0.25) is 0 Å². The summed E-state index contributed by atoms with van der Waals surface area (Å²) >= 11 is 9.10. The van der Waals surface area contributed by atoms with E-state index in [2.05, 4.69) is 26.6 Å². The topological polar surface area (TPSA) is 98.3 Å². The molecule has 0 aliphatic carbocycles. The molecule has 0 aliphatic rings. The van der Waals surface area contributed by atoms with Gasteiger partial charge in [-0.15, -0.1) is 0 Å². The number of benzene rings is 2. The molecule has 0 spiro atoms. The first-order chi connectivity index (χ1) is 12.4. The van der Waals surface area contributed by atoms with Crippen molar-refractivity contribution in [2.24, 2.45) is 0 Å². The van der Waals surface area contributed by atoms with Crippen LogP contribution in [0.25, 0.3) is 6.08 Å². The molecule has 0 bridgehead atoms. The maximum atomic E-state index is 12.5. The van der Waals surface area contributed by atoms with E-state index >= 15 is 0 Å². The Kier molecular flexibility index (Phi) is 6.94. The minimum absolute atomic E-state index is 0.116. The van der Waals surface area contributed by atoms with Crippen LogP contribution in [0.5, 0.6) is 0 Å². The van der Waals surface area contributed by atoms with Crippen molar-refractivity contribution in [2.45, 2.75) is 0 Å². The average Bonchev–Trinajstić information content (AvgIpc) is 2.61. The lowest BCUT2D eigenvalue weighted by molar-refractivity contribution is -0.303. The molecule has 8 heteroatoms. The Labute approximate surface area is 163 Å². The molecule has 0 heterocycles. The van der Waals surface area contributed by atoms with Gasteiger partial charge in [0.1, 0.15) is 5.70 Å². The molecule has 0 unspecified atom stereocenters. The van der Waals surface area contributed by atoms with Crippen molar-refractivity contribution in [3.05, 3.63) is 74.9 Å². The van der Waals surface area contributed by atoms with Gasteiger partial charge in [-0.25, -0.2) is 0 Å². The molecule has 0 aromatic heterocycles. The van der Waals surface area contributed by atoms with Gasteiger partial charge >= 0.3 is 0 Å². The van der Waals surface area contributed by atoms with Crippen LogP contribution >= 0.6 is 27.5 Å². The molecule has 0 radical (unpaired) electrons. The number of hydrogen-bond acceptors (Lipinski definition) is 4. The van der Waals surface area contributed by atoms with Crippen molar-refractivity contribution in [3.63, 3.8) is 0 Å². The van der Waals surface area contributed by atoms with Crippen molar-refractivity contribution in [2.75, 3.05) is 6.54 Å². The first kappa shape index (κ1) is 19.7. The van der Waals surface area contributed by atoms with Gasteiger partial charge in [-0.1, -0.05) is 35.9 Å². The number of rotatable bonds is 6. The van der Waals surface area contributed by atoms with E-state index in [4.69, 9.17) is 11.6 Å².